The van der Waals surface area contributed by atoms with E-state index in [2.05, 4.69) is 17.8 Å². The number of rotatable bonds is 9. The zero-order valence-electron chi connectivity index (χ0n) is 17.9. The lowest BCUT2D eigenvalue weighted by molar-refractivity contribution is -0.128. The van der Waals surface area contributed by atoms with E-state index in [0.29, 0.717) is 23.7 Å². The minimum absolute atomic E-state index is 0.363. The number of hydrazine groups is 1. The average molecular weight is 421 g/mol. The molecule has 31 heavy (non-hydrogen) atoms. The number of para-hydroxylation sites is 1. The molecule has 6 heteroatoms. The number of amides is 2. The van der Waals surface area contributed by atoms with Crippen LogP contribution >= 0.6 is 0 Å². The van der Waals surface area contributed by atoms with Crippen molar-refractivity contribution >= 4 is 22.6 Å². The Morgan fingerprint density at radius 1 is 0.903 bits per heavy atom. The van der Waals surface area contributed by atoms with Crippen molar-refractivity contribution in [2.75, 3.05) is 6.61 Å². The molecule has 0 radical (unpaired) electrons. The molecule has 0 fully saturated rings. The average Bonchev–Trinajstić information content (AvgIpc) is 2.80. The van der Waals surface area contributed by atoms with E-state index in [1.807, 2.05) is 48.5 Å². The molecule has 0 aliphatic rings. The maximum atomic E-state index is 12.5. The summed E-state index contributed by atoms with van der Waals surface area (Å²) >= 11 is 0. The van der Waals surface area contributed by atoms with Crippen molar-refractivity contribution in [2.24, 2.45) is 0 Å². The normalized spacial score (nSPS) is 11.5. The number of fused-ring (bicyclic) bond motifs is 1. The number of benzene rings is 3. The summed E-state index contributed by atoms with van der Waals surface area (Å²) in [5.74, 6) is 0.171. The van der Waals surface area contributed by atoms with Gasteiger partial charge in [0.05, 0.1) is 12.2 Å². The molecular weight excluding hydrogens is 392 g/mol. The van der Waals surface area contributed by atoms with Gasteiger partial charge in [0.25, 0.3) is 11.8 Å². The van der Waals surface area contributed by atoms with Gasteiger partial charge in [-0.3, -0.25) is 20.4 Å². The van der Waals surface area contributed by atoms with Gasteiger partial charge in [0.1, 0.15) is 11.5 Å². The molecule has 0 saturated heterocycles. The fraction of sp³-hybridized carbons (Fsp3) is 0.280. The fourth-order valence-electron chi connectivity index (χ4n) is 3.10. The van der Waals surface area contributed by atoms with E-state index in [4.69, 9.17) is 9.47 Å². The first-order valence-corrected chi connectivity index (χ1v) is 10.6. The van der Waals surface area contributed by atoms with E-state index < -0.39 is 17.9 Å². The maximum Gasteiger partial charge on any atom is 0.279 e. The van der Waals surface area contributed by atoms with Gasteiger partial charge in [0.2, 0.25) is 0 Å². The molecule has 1 atom stereocenters. The van der Waals surface area contributed by atoms with Gasteiger partial charge in [-0.2, -0.15) is 0 Å². The zero-order chi connectivity index (χ0) is 22.1. The quantitative estimate of drug-likeness (QED) is 0.391. The van der Waals surface area contributed by atoms with Crippen molar-refractivity contribution in [3.8, 4) is 11.5 Å². The summed E-state index contributed by atoms with van der Waals surface area (Å²) in [6, 6.07) is 20.5. The van der Waals surface area contributed by atoms with Crippen molar-refractivity contribution in [3.05, 3.63) is 72.3 Å². The van der Waals surface area contributed by atoms with Crippen LogP contribution in [-0.2, 0) is 4.79 Å². The van der Waals surface area contributed by atoms with Crippen LogP contribution in [-0.4, -0.2) is 24.5 Å². The fourth-order valence-corrected chi connectivity index (χ4v) is 3.10. The molecule has 6 nitrogen and oxygen atoms in total. The number of hydrogen-bond donors (Lipinski definition) is 2. The second-order valence-electron chi connectivity index (χ2n) is 7.26. The molecule has 162 valence electrons. The minimum Gasteiger partial charge on any atom is -0.493 e. The number of carbonyl (C=O) groups excluding carboxylic acids is 2. The van der Waals surface area contributed by atoms with E-state index in [9.17, 15) is 9.59 Å². The third-order valence-corrected chi connectivity index (χ3v) is 4.84. The topological polar surface area (TPSA) is 76.7 Å². The molecule has 3 aromatic rings. The van der Waals surface area contributed by atoms with Gasteiger partial charge in [-0.1, -0.05) is 62.2 Å². The van der Waals surface area contributed by atoms with Gasteiger partial charge >= 0.3 is 0 Å². The number of hydrogen-bond acceptors (Lipinski definition) is 4. The summed E-state index contributed by atoms with van der Waals surface area (Å²) in [5.41, 5.74) is 5.22. The van der Waals surface area contributed by atoms with Crippen molar-refractivity contribution in [2.45, 2.75) is 39.2 Å². The molecule has 3 aromatic carbocycles. The van der Waals surface area contributed by atoms with Gasteiger partial charge in [0.15, 0.2) is 6.10 Å². The van der Waals surface area contributed by atoms with Gasteiger partial charge in [-0.15, -0.1) is 0 Å². The Kier molecular flexibility index (Phi) is 7.87. The Hall–Kier alpha value is -3.54. The summed E-state index contributed by atoms with van der Waals surface area (Å²) < 4.78 is 11.5. The highest BCUT2D eigenvalue weighted by Crippen LogP contribution is 2.21. The highest BCUT2D eigenvalue weighted by Gasteiger charge is 2.17. The van der Waals surface area contributed by atoms with Gasteiger partial charge in [-0.25, -0.2) is 0 Å². The lowest BCUT2D eigenvalue weighted by atomic mass is 10.1. The van der Waals surface area contributed by atoms with E-state index in [0.717, 1.165) is 30.0 Å². The zero-order valence-corrected chi connectivity index (χ0v) is 17.9. The molecule has 0 spiro atoms. The van der Waals surface area contributed by atoms with Crippen molar-refractivity contribution in [3.63, 3.8) is 0 Å². The second-order valence-corrected chi connectivity index (χ2v) is 7.26. The van der Waals surface area contributed by atoms with Crippen LogP contribution in [0.3, 0.4) is 0 Å². The first-order chi connectivity index (χ1) is 15.1. The van der Waals surface area contributed by atoms with E-state index >= 15 is 0 Å². The molecule has 0 saturated carbocycles. The summed E-state index contributed by atoms with van der Waals surface area (Å²) in [4.78, 5) is 24.9. The predicted octanol–water partition coefficient (Wildman–Crippen LogP) is 4.64. The number of carbonyl (C=O) groups is 2. The van der Waals surface area contributed by atoms with Crippen LogP contribution in [0.1, 0.15) is 43.5 Å². The van der Waals surface area contributed by atoms with E-state index in [-0.39, 0.29) is 0 Å². The van der Waals surface area contributed by atoms with Crippen LogP contribution in [0.2, 0.25) is 0 Å². The van der Waals surface area contributed by atoms with Gasteiger partial charge in [0, 0.05) is 0 Å². The Bertz CT molecular complexity index is 1030. The summed E-state index contributed by atoms with van der Waals surface area (Å²) in [6.07, 6.45) is 2.30. The first kappa shape index (κ1) is 22.2. The van der Waals surface area contributed by atoms with Gasteiger partial charge < -0.3 is 9.47 Å². The molecule has 2 N–H and O–H groups in total. The summed E-state index contributed by atoms with van der Waals surface area (Å²) in [7, 11) is 0. The number of unbranched alkanes of at least 4 members (excludes halogenated alkanes) is 2. The van der Waals surface area contributed by atoms with Crippen LogP contribution in [0.5, 0.6) is 11.5 Å². The standard InChI is InChI=1S/C25H28N2O4/c1-3-4-9-16-30-23-13-8-7-12-22(23)25(29)27-26-24(28)18(2)31-21-15-14-19-10-5-6-11-20(19)17-21/h5-8,10-15,17-18H,3-4,9,16H2,1-2H3,(H,26,28)(H,27,29)/t18-/m0/s1. The van der Waals surface area contributed by atoms with Crippen LogP contribution < -0.4 is 20.3 Å². The third-order valence-electron chi connectivity index (χ3n) is 4.84. The first-order valence-electron chi connectivity index (χ1n) is 10.6. The van der Waals surface area contributed by atoms with E-state index in [1.165, 1.54) is 0 Å². The molecule has 2 amide bonds. The predicted molar refractivity (Wildman–Crippen MR) is 121 cm³/mol. The Balaban J connectivity index is 1.54. The van der Waals surface area contributed by atoms with Crippen LogP contribution in [0.15, 0.2) is 66.7 Å². The Morgan fingerprint density at radius 3 is 2.45 bits per heavy atom. The molecule has 0 aliphatic carbocycles. The highest BCUT2D eigenvalue weighted by molar-refractivity contribution is 5.98. The molecule has 0 aliphatic heterocycles. The lowest BCUT2D eigenvalue weighted by Crippen LogP contribution is -2.47. The number of nitrogens with one attached hydrogen (secondary N) is 2. The second kappa shape index (κ2) is 11.0. The van der Waals surface area contributed by atoms with Crippen molar-refractivity contribution in [1.82, 2.24) is 10.9 Å². The Morgan fingerprint density at radius 2 is 1.65 bits per heavy atom. The molecule has 0 heterocycles. The van der Waals surface area contributed by atoms with Gasteiger partial charge in [-0.05, 0) is 48.4 Å². The number of ether oxygens (including phenoxy) is 2. The smallest absolute Gasteiger partial charge is 0.279 e. The monoisotopic (exact) mass is 420 g/mol. The van der Waals surface area contributed by atoms with Crippen LogP contribution in [0.4, 0.5) is 0 Å². The van der Waals surface area contributed by atoms with E-state index in [1.54, 1.807) is 25.1 Å². The Labute approximate surface area is 182 Å². The molecule has 3 rings (SSSR count). The SMILES string of the molecule is CCCCCOc1ccccc1C(=O)NNC(=O)[C@H](C)Oc1ccc2ccccc2c1. The largest absolute Gasteiger partial charge is 0.493 e. The van der Waals surface area contributed by atoms with Crippen LogP contribution in [0.25, 0.3) is 10.8 Å². The molecule has 0 bridgehead atoms. The summed E-state index contributed by atoms with van der Waals surface area (Å²) in [5, 5.41) is 2.12. The van der Waals surface area contributed by atoms with Crippen molar-refractivity contribution in [1.29, 1.82) is 0 Å². The van der Waals surface area contributed by atoms with Crippen molar-refractivity contribution < 1.29 is 19.1 Å². The van der Waals surface area contributed by atoms with Crippen LogP contribution in [0, 0.1) is 0 Å². The third kappa shape index (κ3) is 6.22. The minimum atomic E-state index is -0.790. The molecular formula is C25H28N2O4. The molecule has 0 unspecified atom stereocenters. The lowest BCUT2D eigenvalue weighted by Gasteiger charge is -2.16. The highest BCUT2D eigenvalue weighted by atomic mass is 16.5. The maximum absolute atomic E-state index is 12.5. The molecule has 0 aromatic heterocycles. The summed E-state index contributed by atoms with van der Waals surface area (Å²) in [6.45, 7) is 4.29.